The standard InChI is InChI=1S/C14H20ClFN2O/c1-4-18(5-2)14(19)9-17-10(3)11-6-7-12(15)13(16)8-11/h6-8,10,17H,4-5,9H2,1-3H3. The maximum absolute atomic E-state index is 13.3. The van der Waals surface area contributed by atoms with Crippen molar-refractivity contribution in [3.05, 3.63) is 34.6 Å². The Morgan fingerprint density at radius 3 is 2.58 bits per heavy atom. The summed E-state index contributed by atoms with van der Waals surface area (Å²) in [7, 11) is 0. The molecule has 0 fully saturated rings. The number of rotatable bonds is 6. The molecule has 5 heteroatoms. The van der Waals surface area contributed by atoms with Crippen LogP contribution in [0.3, 0.4) is 0 Å². The molecule has 1 N–H and O–H groups in total. The van der Waals surface area contributed by atoms with E-state index in [0.717, 1.165) is 5.56 Å². The smallest absolute Gasteiger partial charge is 0.236 e. The van der Waals surface area contributed by atoms with Gasteiger partial charge in [-0.1, -0.05) is 17.7 Å². The highest BCUT2D eigenvalue weighted by molar-refractivity contribution is 6.30. The molecule has 0 saturated carbocycles. The van der Waals surface area contributed by atoms with Crippen molar-refractivity contribution in [2.24, 2.45) is 0 Å². The highest BCUT2D eigenvalue weighted by atomic mass is 35.5. The number of nitrogens with zero attached hydrogens (tertiary/aromatic N) is 1. The third-order valence-corrected chi connectivity index (χ3v) is 3.43. The Kier molecular flexibility index (Phi) is 6.25. The van der Waals surface area contributed by atoms with Gasteiger partial charge in [0.2, 0.25) is 5.91 Å². The zero-order valence-electron chi connectivity index (χ0n) is 11.5. The molecule has 0 bridgehead atoms. The summed E-state index contributed by atoms with van der Waals surface area (Å²) in [6, 6.07) is 4.56. The average molecular weight is 287 g/mol. The third kappa shape index (κ3) is 4.48. The molecule has 1 rings (SSSR count). The van der Waals surface area contributed by atoms with Crippen molar-refractivity contribution in [1.29, 1.82) is 0 Å². The van der Waals surface area contributed by atoms with Gasteiger partial charge in [0.1, 0.15) is 5.82 Å². The van der Waals surface area contributed by atoms with Crippen molar-refractivity contribution < 1.29 is 9.18 Å². The Bertz CT molecular complexity index is 435. The van der Waals surface area contributed by atoms with Crippen LogP contribution in [0.1, 0.15) is 32.4 Å². The van der Waals surface area contributed by atoms with Gasteiger partial charge in [0.15, 0.2) is 0 Å². The number of carbonyl (C=O) groups is 1. The Morgan fingerprint density at radius 1 is 1.42 bits per heavy atom. The van der Waals surface area contributed by atoms with Crippen LogP contribution in [0.2, 0.25) is 5.02 Å². The second-order valence-corrected chi connectivity index (χ2v) is 4.75. The van der Waals surface area contributed by atoms with Gasteiger partial charge in [-0.25, -0.2) is 4.39 Å². The Hall–Kier alpha value is -1.13. The minimum Gasteiger partial charge on any atom is -0.342 e. The Balaban J connectivity index is 2.57. The second kappa shape index (κ2) is 7.46. The molecule has 1 unspecified atom stereocenters. The van der Waals surface area contributed by atoms with E-state index in [1.165, 1.54) is 12.1 Å². The van der Waals surface area contributed by atoms with Gasteiger partial charge in [0.05, 0.1) is 11.6 Å². The van der Waals surface area contributed by atoms with E-state index in [-0.39, 0.29) is 23.5 Å². The quantitative estimate of drug-likeness (QED) is 0.872. The minimum absolute atomic E-state index is 0.0475. The summed E-state index contributed by atoms with van der Waals surface area (Å²) < 4.78 is 13.3. The van der Waals surface area contributed by atoms with Crippen LogP contribution in [0.4, 0.5) is 4.39 Å². The molecule has 0 aliphatic carbocycles. The molecule has 0 radical (unpaired) electrons. The van der Waals surface area contributed by atoms with Gasteiger partial charge in [0, 0.05) is 19.1 Å². The first-order valence-corrected chi connectivity index (χ1v) is 6.83. The fourth-order valence-electron chi connectivity index (χ4n) is 1.83. The molecule has 0 aromatic heterocycles. The Labute approximate surface area is 118 Å². The van der Waals surface area contributed by atoms with E-state index in [1.54, 1.807) is 11.0 Å². The lowest BCUT2D eigenvalue weighted by Crippen LogP contribution is -2.38. The molecule has 0 saturated heterocycles. The number of benzene rings is 1. The van der Waals surface area contributed by atoms with Gasteiger partial charge < -0.3 is 10.2 Å². The molecule has 0 spiro atoms. The second-order valence-electron chi connectivity index (χ2n) is 4.34. The maximum atomic E-state index is 13.3. The van der Waals surface area contributed by atoms with E-state index in [9.17, 15) is 9.18 Å². The summed E-state index contributed by atoms with van der Waals surface area (Å²) in [6.07, 6.45) is 0. The number of amides is 1. The molecule has 0 aliphatic rings. The normalized spacial score (nSPS) is 12.3. The highest BCUT2D eigenvalue weighted by Gasteiger charge is 2.12. The van der Waals surface area contributed by atoms with E-state index >= 15 is 0 Å². The molecule has 1 aromatic rings. The van der Waals surface area contributed by atoms with Crippen molar-refractivity contribution in [3.63, 3.8) is 0 Å². The van der Waals surface area contributed by atoms with Crippen molar-refractivity contribution >= 4 is 17.5 Å². The van der Waals surface area contributed by atoms with E-state index in [0.29, 0.717) is 13.1 Å². The SMILES string of the molecule is CCN(CC)C(=O)CNC(C)c1ccc(Cl)c(F)c1. The summed E-state index contributed by atoms with van der Waals surface area (Å²) in [5, 5.41) is 3.20. The fraction of sp³-hybridized carbons (Fsp3) is 0.500. The Morgan fingerprint density at radius 2 is 2.05 bits per heavy atom. The minimum atomic E-state index is -0.442. The zero-order valence-corrected chi connectivity index (χ0v) is 12.3. The summed E-state index contributed by atoms with van der Waals surface area (Å²) in [6.45, 7) is 7.41. The molecule has 1 atom stereocenters. The molecule has 19 heavy (non-hydrogen) atoms. The zero-order chi connectivity index (χ0) is 14.4. The molecule has 106 valence electrons. The van der Waals surface area contributed by atoms with Crippen LogP contribution in [-0.4, -0.2) is 30.4 Å². The topological polar surface area (TPSA) is 32.3 Å². The summed E-state index contributed by atoms with van der Waals surface area (Å²) in [5.74, 6) is -0.394. The lowest BCUT2D eigenvalue weighted by atomic mass is 10.1. The molecule has 1 aromatic carbocycles. The van der Waals surface area contributed by atoms with Crippen molar-refractivity contribution in [3.8, 4) is 0 Å². The summed E-state index contributed by atoms with van der Waals surface area (Å²) >= 11 is 5.64. The molecule has 0 heterocycles. The number of hydrogen-bond acceptors (Lipinski definition) is 2. The lowest BCUT2D eigenvalue weighted by Gasteiger charge is -2.21. The van der Waals surface area contributed by atoms with Crippen LogP contribution < -0.4 is 5.32 Å². The first-order valence-electron chi connectivity index (χ1n) is 6.45. The van der Waals surface area contributed by atoms with Gasteiger partial charge >= 0.3 is 0 Å². The average Bonchev–Trinajstić information content (AvgIpc) is 2.40. The predicted octanol–water partition coefficient (Wildman–Crippen LogP) is 3.00. The van der Waals surface area contributed by atoms with Crippen LogP contribution in [0.15, 0.2) is 18.2 Å². The monoisotopic (exact) mass is 286 g/mol. The first-order chi connectivity index (χ1) is 8.99. The van der Waals surface area contributed by atoms with Crippen LogP contribution in [-0.2, 0) is 4.79 Å². The van der Waals surface area contributed by atoms with Crippen LogP contribution in [0, 0.1) is 5.82 Å². The number of likely N-dealkylation sites (N-methyl/N-ethyl adjacent to an activating group) is 1. The van der Waals surface area contributed by atoms with E-state index in [4.69, 9.17) is 11.6 Å². The van der Waals surface area contributed by atoms with E-state index < -0.39 is 5.82 Å². The third-order valence-electron chi connectivity index (χ3n) is 3.12. The summed E-state index contributed by atoms with van der Waals surface area (Å²) in [4.78, 5) is 13.6. The summed E-state index contributed by atoms with van der Waals surface area (Å²) in [5.41, 5.74) is 0.772. The van der Waals surface area contributed by atoms with Gasteiger partial charge in [-0.05, 0) is 38.5 Å². The number of hydrogen-bond donors (Lipinski definition) is 1. The fourth-order valence-corrected chi connectivity index (χ4v) is 1.95. The molecular weight excluding hydrogens is 267 g/mol. The highest BCUT2D eigenvalue weighted by Crippen LogP contribution is 2.19. The van der Waals surface area contributed by atoms with Crippen molar-refractivity contribution in [2.45, 2.75) is 26.8 Å². The van der Waals surface area contributed by atoms with Gasteiger partial charge in [0.25, 0.3) is 0 Å². The van der Waals surface area contributed by atoms with Crippen LogP contribution >= 0.6 is 11.6 Å². The number of halogens is 2. The predicted molar refractivity (Wildman–Crippen MR) is 75.8 cm³/mol. The molecule has 3 nitrogen and oxygen atoms in total. The van der Waals surface area contributed by atoms with Gasteiger partial charge in [-0.3, -0.25) is 4.79 Å². The van der Waals surface area contributed by atoms with Crippen LogP contribution in [0.25, 0.3) is 0 Å². The molecule has 0 aliphatic heterocycles. The van der Waals surface area contributed by atoms with Crippen LogP contribution in [0.5, 0.6) is 0 Å². The maximum Gasteiger partial charge on any atom is 0.236 e. The molecular formula is C14H20ClFN2O. The van der Waals surface area contributed by atoms with E-state index in [1.807, 2.05) is 20.8 Å². The largest absolute Gasteiger partial charge is 0.342 e. The lowest BCUT2D eigenvalue weighted by molar-refractivity contribution is -0.129. The van der Waals surface area contributed by atoms with Gasteiger partial charge in [-0.15, -0.1) is 0 Å². The van der Waals surface area contributed by atoms with Crippen molar-refractivity contribution in [1.82, 2.24) is 10.2 Å². The van der Waals surface area contributed by atoms with Crippen molar-refractivity contribution in [2.75, 3.05) is 19.6 Å². The first kappa shape index (κ1) is 15.9. The number of nitrogens with one attached hydrogen (secondary N) is 1. The number of carbonyl (C=O) groups excluding carboxylic acids is 1. The van der Waals surface area contributed by atoms with Gasteiger partial charge in [-0.2, -0.15) is 0 Å². The molecule has 1 amide bonds. The van der Waals surface area contributed by atoms with E-state index in [2.05, 4.69) is 5.32 Å².